The summed E-state index contributed by atoms with van der Waals surface area (Å²) >= 11 is 0. The van der Waals surface area contributed by atoms with Crippen molar-refractivity contribution in [1.82, 2.24) is 24.6 Å². The third-order valence-corrected chi connectivity index (χ3v) is 5.66. The van der Waals surface area contributed by atoms with Gasteiger partial charge in [-0.2, -0.15) is 5.10 Å². The Morgan fingerprint density at radius 2 is 1.89 bits per heavy atom. The number of fused-ring (bicyclic) bond motifs is 1. The molecule has 0 bridgehead atoms. The Kier molecular flexibility index (Phi) is 7.55. The lowest BCUT2D eigenvalue weighted by molar-refractivity contribution is 0.0224. The lowest BCUT2D eigenvalue weighted by atomic mass is 9.99. The number of hydrogen-bond acceptors (Lipinski definition) is 6. The van der Waals surface area contributed by atoms with Crippen LogP contribution in [0.2, 0.25) is 0 Å². The van der Waals surface area contributed by atoms with E-state index in [1.54, 1.807) is 15.8 Å². The number of ether oxygens (including phenoxy) is 2. The maximum Gasteiger partial charge on any atom is 0.410 e. The highest BCUT2D eigenvalue weighted by molar-refractivity contribution is 5.68. The number of amides is 1. The van der Waals surface area contributed by atoms with Crippen LogP contribution in [0.4, 0.5) is 4.79 Å². The Morgan fingerprint density at radius 3 is 2.66 bits per heavy atom. The van der Waals surface area contributed by atoms with Gasteiger partial charge < -0.3 is 19.7 Å². The van der Waals surface area contributed by atoms with E-state index in [0.717, 1.165) is 22.6 Å². The smallest absolute Gasteiger partial charge is 0.410 e. The summed E-state index contributed by atoms with van der Waals surface area (Å²) in [5.74, 6) is 0.840. The van der Waals surface area contributed by atoms with Gasteiger partial charge in [-0.05, 0) is 62.6 Å². The van der Waals surface area contributed by atoms with Crippen LogP contribution in [-0.4, -0.2) is 57.2 Å². The molecule has 0 atom stereocenters. The summed E-state index contributed by atoms with van der Waals surface area (Å²) in [6.45, 7) is 8.98. The third-order valence-electron chi connectivity index (χ3n) is 5.66. The van der Waals surface area contributed by atoms with E-state index in [9.17, 15) is 9.59 Å². The molecule has 2 aromatic carbocycles. The van der Waals surface area contributed by atoms with E-state index in [-0.39, 0.29) is 11.8 Å². The van der Waals surface area contributed by atoms with Crippen molar-refractivity contribution in [3.05, 3.63) is 76.5 Å². The molecule has 0 radical (unpaired) electrons. The number of aromatic nitrogens is 3. The Hall–Kier alpha value is -3.59. The van der Waals surface area contributed by atoms with Crippen LogP contribution in [0.15, 0.2) is 59.7 Å². The zero-order valence-electron chi connectivity index (χ0n) is 20.6. The minimum atomic E-state index is -0.520. The number of hydrogen-bond donors (Lipinski definition) is 1. The molecule has 9 heteroatoms. The first-order chi connectivity index (χ1) is 16.8. The van der Waals surface area contributed by atoms with Crippen molar-refractivity contribution < 1.29 is 14.3 Å². The summed E-state index contributed by atoms with van der Waals surface area (Å²) < 4.78 is 14.2. The van der Waals surface area contributed by atoms with Crippen molar-refractivity contribution in [3.63, 3.8) is 0 Å². The van der Waals surface area contributed by atoms with Gasteiger partial charge in [-0.3, -0.25) is 0 Å². The SMILES string of the molecule is CC(C)(C)OC(=O)N1CCc2cc(-n3cnn(CCNCCOc4ccccc4)c3=O)ccc2C1. The predicted molar refractivity (Wildman–Crippen MR) is 133 cm³/mol. The molecule has 0 aliphatic carbocycles. The summed E-state index contributed by atoms with van der Waals surface area (Å²) in [4.78, 5) is 27.0. The molecule has 9 nitrogen and oxygen atoms in total. The molecule has 0 fully saturated rings. The van der Waals surface area contributed by atoms with E-state index in [4.69, 9.17) is 9.47 Å². The van der Waals surface area contributed by atoms with Gasteiger partial charge in [0.25, 0.3) is 0 Å². The van der Waals surface area contributed by atoms with Gasteiger partial charge in [0.1, 0.15) is 24.3 Å². The molecule has 0 saturated heterocycles. The Balaban J connectivity index is 1.30. The van der Waals surface area contributed by atoms with Crippen molar-refractivity contribution in [3.8, 4) is 11.4 Å². The number of carbonyl (C=O) groups is 1. The molecular formula is C26H33N5O4. The van der Waals surface area contributed by atoms with Crippen LogP contribution in [0.5, 0.6) is 5.75 Å². The van der Waals surface area contributed by atoms with Gasteiger partial charge in [0.15, 0.2) is 0 Å². The van der Waals surface area contributed by atoms with E-state index < -0.39 is 5.60 Å². The monoisotopic (exact) mass is 479 g/mol. The van der Waals surface area contributed by atoms with Gasteiger partial charge in [-0.15, -0.1) is 0 Å². The lowest BCUT2D eigenvalue weighted by Crippen LogP contribution is -2.39. The van der Waals surface area contributed by atoms with Crippen LogP contribution in [0, 0.1) is 0 Å². The molecule has 0 spiro atoms. The molecule has 186 valence electrons. The number of para-hydroxylation sites is 1. The van der Waals surface area contributed by atoms with E-state index in [1.807, 2.05) is 69.3 Å². The quantitative estimate of drug-likeness (QED) is 0.500. The summed E-state index contributed by atoms with van der Waals surface area (Å²) in [5, 5.41) is 7.54. The fraction of sp³-hybridized carbons (Fsp3) is 0.423. The van der Waals surface area contributed by atoms with Gasteiger partial charge in [0.2, 0.25) is 0 Å². The van der Waals surface area contributed by atoms with Gasteiger partial charge in [0, 0.05) is 26.2 Å². The largest absolute Gasteiger partial charge is 0.492 e. The van der Waals surface area contributed by atoms with E-state index in [1.165, 1.54) is 4.68 Å². The number of rotatable bonds is 8. The van der Waals surface area contributed by atoms with E-state index >= 15 is 0 Å². The second kappa shape index (κ2) is 10.8. The fourth-order valence-corrected chi connectivity index (χ4v) is 3.91. The number of carbonyl (C=O) groups excluding carboxylic acids is 1. The molecule has 35 heavy (non-hydrogen) atoms. The second-order valence-corrected chi connectivity index (χ2v) is 9.52. The Morgan fingerprint density at radius 1 is 1.09 bits per heavy atom. The zero-order valence-corrected chi connectivity index (χ0v) is 20.6. The molecule has 0 unspecified atom stereocenters. The van der Waals surface area contributed by atoms with Gasteiger partial charge in [-0.1, -0.05) is 24.3 Å². The molecule has 1 N–H and O–H groups in total. The number of nitrogens with one attached hydrogen (secondary N) is 1. The first-order valence-corrected chi connectivity index (χ1v) is 11.9. The Bertz CT molecular complexity index is 1200. The molecule has 1 amide bonds. The highest BCUT2D eigenvalue weighted by Gasteiger charge is 2.26. The average Bonchev–Trinajstić information content (AvgIpc) is 3.20. The normalized spacial score (nSPS) is 13.4. The highest BCUT2D eigenvalue weighted by atomic mass is 16.6. The molecule has 4 rings (SSSR count). The maximum absolute atomic E-state index is 12.9. The van der Waals surface area contributed by atoms with Gasteiger partial charge in [-0.25, -0.2) is 18.8 Å². The zero-order chi connectivity index (χ0) is 24.8. The molecule has 1 aliphatic rings. The predicted octanol–water partition coefficient (Wildman–Crippen LogP) is 3.00. The van der Waals surface area contributed by atoms with Crippen LogP contribution in [-0.2, 0) is 24.2 Å². The van der Waals surface area contributed by atoms with Crippen LogP contribution in [0.3, 0.4) is 0 Å². The van der Waals surface area contributed by atoms with Crippen molar-refractivity contribution in [2.24, 2.45) is 0 Å². The molecule has 0 saturated carbocycles. The van der Waals surface area contributed by atoms with E-state index in [0.29, 0.717) is 45.8 Å². The number of benzene rings is 2. The van der Waals surface area contributed by atoms with Crippen LogP contribution in [0.1, 0.15) is 31.9 Å². The second-order valence-electron chi connectivity index (χ2n) is 9.52. The standard InChI is InChI=1S/C26H33N5O4/c1-26(2,3)35-25(33)29-14-11-20-17-22(10-9-21(20)18-29)30-19-28-31(24(30)32)15-12-27-13-16-34-23-7-5-4-6-8-23/h4-10,17,19,27H,11-16,18H2,1-3H3. The van der Waals surface area contributed by atoms with Crippen LogP contribution >= 0.6 is 0 Å². The van der Waals surface area contributed by atoms with Gasteiger partial charge in [0.05, 0.1) is 12.2 Å². The molecule has 1 aliphatic heterocycles. The molecule has 1 aromatic heterocycles. The van der Waals surface area contributed by atoms with Crippen molar-refractivity contribution >= 4 is 6.09 Å². The lowest BCUT2D eigenvalue weighted by Gasteiger charge is -2.31. The van der Waals surface area contributed by atoms with Crippen LogP contribution in [0.25, 0.3) is 5.69 Å². The van der Waals surface area contributed by atoms with Gasteiger partial charge >= 0.3 is 11.8 Å². The fourth-order valence-electron chi connectivity index (χ4n) is 3.91. The van der Waals surface area contributed by atoms with Crippen molar-refractivity contribution in [2.45, 2.75) is 45.9 Å². The minimum Gasteiger partial charge on any atom is -0.492 e. The summed E-state index contributed by atoms with van der Waals surface area (Å²) in [6.07, 6.45) is 1.96. The highest BCUT2D eigenvalue weighted by Crippen LogP contribution is 2.23. The third kappa shape index (κ3) is 6.51. The topological polar surface area (TPSA) is 90.6 Å². The maximum atomic E-state index is 12.9. The Labute approximate surface area is 205 Å². The van der Waals surface area contributed by atoms with Crippen molar-refractivity contribution in [2.75, 3.05) is 26.2 Å². The molecule has 3 aromatic rings. The summed E-state index contributed by atoms with van der Waals surface area (Å²) in [7, 11) is 0. The minimum absolute atomic E-state index is 0.182. The van der Waals surface area contributed by atoms with Crippen LogP contribution < -0.4 is 15.7 Å². The summed E-state index contributed by atoms with van der Waals surface area (Å²) in [6, 6.07) is 15.5. The average molecular weight is 480 g/mol. The van der Waals surface area contributed by atoms with Crippen molar-refractivity contribution in [1.29, 1.82) is 0 Å². The molecular weight excluding hydrogens is 446 g/mol. The first kappa shape index (κ1) is 24.5. The summed E-state index contributed by atoms with van der Waals surface area (Å²) in [5.41, 5.74) is 2.26. The first-order valence-electron chi connectivity index (χ1n) is 11.9. The number of nitrogens with zero attached hydrogens (tertiary/aromatic N) is 4. The molecule has 2 heterocycles. The van der Waals surface area contributed by atoms with E-state index in [2.05, 4.69) is 10.4 Å².